The van der Waals surface area contributed by atoms with Crippen LogP contribution in [0.5, 0.6) is 0 Å². The number of esters is 1. The molecule has 13 heavy (non-hydrogen) atoms. The van der Waals surface area contributed by atoms with Crippen molar-refractivity contribution < 1.29 is 14.1 Å². The van der Waals surface area contributed by atoms with Crippen LogP contribution < -0.4 is 5.32 Å². The van der Waals surface area contributed by atoms with E-state index in [1.807, 2.05) is 0 Å². The van der Waals surface area contributed by atoms with E-state index in [2.05, 4.69) is 24.7 Å². The van der Waals surface area contributed by atoms with Gasteiger partial charge < -0.3 is 14.6 Å². The largest absolute Gasteiger partial charge is 0.468 e. The molecule has 1 aromatic rings. The molecule has 0 radical (unpaired) electrons. The summed E-state index contributed by atoms with van der Waals surface area (Å²) in [7, 11) is 1.35. The monoisotopic (exact) mass is 185 g/mol. The van der Waals surface area contributed by atoms with Gasteiger partial charge in [-0.15, -0.1) is 0 Å². The van der Waals surface area contributed by atoms with Crippen molar-refractivity contribution in [1.82, 2.24) is 15.5 Å². The molecule has 1 aromatic heterocycles. The van der Waals surface area contributed by atoms with Crippen molar-refractivity contribution in [2.45, 2.75) is 6.42 Å². The Labute approximate surface area is 75.3 Å². The van der Waals surface area contributed by atoms with Gasteiger partial charge in [0, 0.05) is 13.0 Å². The van der Waals surface area contributed by atoms with Gasteiger partial charge in [0.1, 0.15) is 0 Å². The summed E-state index contributed by atoms with van der Waals surface area (Å²) < 4.78 is 8.97. The highest BCUT2D eigenvalue weighted by Gasteiger charge is 2.00. The number of methoxy groups -OCH3 is 1. The van der Waals surface area contributed by atoms with Gasteiger partial charge in [-0.3, -0.25) is 4.79 Å². The number of carbonyl (C=O) groups excluding carboxylic acids is 1. The van der Waals surface area contributed by atoms with E-state index in [9.17, 15) is 4.79 Å². The Morgan fingerprint density at radius 2 is 2.62 bits per heavy atom. The molecular weight excluding hydrogens is 174 g/mol. The van der Waals surface area contributed by atoms with Crippen LogP contribution >= 0.6 is 0 Å². The number of hydrogen-bond donors (Lipinski definition) is 1. The average Bonchev–Trinajstić information content (AvgIpc) is 2.64. The Bertz CT molecular complexity index is 247. The molecule has 1 heterocycles. The summed E-state index contributed by atoms with van der Waals surface area (Å²) in [5, 5.41) is 6.49. The molecule has 6 heteroatoms. The van der Waals surface area contributed by atoms with Crippen LogP contribution in [0.2, 0.25) is 0 Å². The van der Waals surface area contributed by atoms with Crippen molar-refractivity contribution in [3.05, 3.63) is 12.2 Å². The van der Waals surface area contributed by atoms with Crippen LogP contribution in [0.1, 0.15) is 5.82 Å². The molecule has 0 atom stereocenters. The first-order chi connectivity index (χ1) is 6.33. The molecule has 0 aromatic carbocycles. The van der Waals surface area contributed by atoms with Gasteiger partial charge in [0.05, 0.1) is 13.7 Å². The maximum atomic E-state index is 10.6. The molecule has 0 fully saturated rings. The maximum absolute atomic E-state index is 10.6. The van der Waals surface area contributed by atoms with Crippen molar-refractivity contribution >= 4 is 5.97 Å². The van der Waals surface area contributed by atoms with Crippen LogP contribution in [0, 0.1) is 0 Å². The highest BCUT2D eigenvalue weighted by molar-refractivity contribution is 5.71. The number of nitrogens with one attached hydrogen (secondary N) is 1. The van der Waals surface area contributed by atoms with Crippen LogP contribution in [0.3, 0.4) is 0 Å². The fourth-order valence-electron chi connectivity index (χ4n) is 0.765. The quantitative estimate of drug-likeness (QED) is 0.486. The molecule has 0 aliphatic rings. The average molecular weight is 185 g/mol. The predicted molar refractivity (Wildman–Crippen MR) is 42.9 cm³/mol. The molecule has 0 saturated carbocycles. The highest BCUT2D eigenvalue weighted by atomic mass is 16.5. The summed E-state index contributed by atoms with van der Waals surface area (Å²) in [6.07, 6.45) is 1.91. The second kappa shape index (κ2) is 5.26. The lowest BCUT2D eigenvalue weighted by molar-refractivity contribution is -0.139. The van der Waals surface area contributed by atoms with E-state index >= 15 is 0 Å². The Kier molecular flexibility index (Phi) is 3.90. The summed E-state index contributed by atoms with van der Waals surface area (Å²) in [5.74, 6) is 0.338. The zero-order valence-electron chi connectivity index (χ0n) is 7.32. The minimum Gasteiger partial charge on any atom is -0.468 e. The standard InChI is InChI=1S/C7H11N3O3/c1-12-7(11)4-8-3-2-6-9-5-13-10-6/h5,8H,2-4H2,1H3. The van der Waals surface area contributed by atoms with Gasteiger partial charge in [-0.2, -0.15) is 4.98 Å². The number of hydrogen-bond acceptors (Lipinski definition) is 6. The molecule has 1 N–H and O–H groups in total. The maximum Gasteiger partial charge on any atom is 0.319 e. The van der Waals surface area contributed by atoms with Gasteiger partial charge in [-0.1, -0.05) is 5.16 Å². The Morgan fingerprint density at radius 3 is 3.23 bits per heavy atom. The van der Waals surface area contributed by atoms with E-state index in [0.717, 1.165) is 0 Å². The third-order valence-electron chi connectivity index (χ3n) is 1.43. The van der Waals surface area contributed by atoms with E-state index in [1.165, 1.54) is 13.5 Å². The van der Waals surface area contributed by atoms with E-state index in [4.69, 9.17) is 0 Å². The first kappa shape index (κ1) is 9.66. The number of aromatic nitrogens is 2. The lowest BCUT2D eigenvalue weighted by Gasteiger charge is -1.99. The molecule has 0 saturated heterocycles. The Hall–Kier alpha value is -1.43. The third kappa shape index (κ3) is 3.66. The first-order valence-electron chi connectivity index (χ1n) is 3.85. The van der Waals surface area contributed by atoms with Gasteiger partial charge in [-0.25, -0.2) is 0 Å². The first-order valence-corrected chi connectivity index (χ1v) is 3.85. The lowest BCUT2D eigenvalue weighted by atomic mass is 10.4. The molecule has 1 rings (SSSR count). The molecule has 72 valence electrons. The molecular formula is C7H11N3O3. The smallest absolute Gasteiger partial charge is 0.319 e. The minimum absolute atomic E-state index is 0.203. The van der Waals surface area contributed by atoms with Crippen molar-refractivity contribution in [2.75, 3.05) is 20.2 Å². The van der Waals surface area contributed by atoms with E-state index < -0.39 is 0 Å². The van der Waals surface area contributed by atoms with Gasteiger partial charge in [-0.05, 0) is 0 Å². The van der Waals surface area contributed by atoms with E-state index in [-0.39, 0.29) is 12.5 Å². The van der Waals surface area contributed by atoms with E-state index in [0.29, 0.717) is 18.8 Å². The number of nitrogens with zero attached hydrogens (tertiary/aromatic N) is 2. The summed E-state index contributed by atoms with van der Waals surface area (Å²) in [6, 6.07) is 0. The van der Waals surface area contributed by atoms with Crippen LogP contribution in [0.25, 0.3) is 0 Å². The zero-order chi connectivity index (χ0) is 9.52. The second-order valence-electron chi connectivity index (χ2n) is 2.35. The number of ether oxygens (including phenoxy) is 1. The molecule has 0 spiro atoms. The van der Waals surface area contributed by atoms with Gasteiger partial charge in [0.2, 0.25) is 6.39 Å². The Balaban J connectivity index is 2.05. The fourth-order valence-corrected chi connectivity index (χ4v) is 0.765. The molecule has 0 aliphatic carbocycles. The normalized spacial score (nSPS) is 9.92. The SMILES string of the molecule is COC(=O)CNCCc1ncon1. The van der Waals surface area contributed by atoms with Crippen molar-refractivity contribution in [1.29, 1.82) is 0 Å². The number of carbonyl (C=O) groups is 1. The summed E-state index contributed by atoms with van der Waals surface area (Å²) in [6.45, 7) is 0.822. The molecule has 0 unspecified atom stereocenters. The molecule has 0 aliphatic heterocycles. The van der Waals surface area contributed by atoms with Gasteiger partial charge in [0.15, 0.2) is 5.82 Å². The predicted octanol–water partition coefficient (Wildman–Crippen LogP) is -0.625. The number of rotatable bonds is 5. The van der Waals surface area contributed by atoms with Gasteiger partial charge >= 0.3 is 5.97 Å². The van der Waals surface area contributed by atoms with E-state index in [1.54, 1.807) is 0 Å². The topological polar surface area (TPSA) is 77.2 Å². The van der Waals surface area contributed by atoms with Gasteiger partial charge in [0.25, 0.3) is 0 Å². The molecule has 6 nitrogen and oxygen atoms in total. The van der Waals surface area contributed by atoms with Crippen LogP contribution in [0.4, 0.5) is 0 Å². The summed E-state index contributed by atoms with van der Waals surface area (Å²) in [4.78, 5) is 14.5. The summed E-state index contributed by atoms with van der Waals surface area (Å²) in [5.41, 5.74) is 0. The zero-order valence-corrected chi connectivity index (χ0v) is 7.32. The van der Waals surface area contributed by atoms with Crippen LogP contribution in [-0.4, -0.2) is 36.3 Å². The molecule has 0 amide bonds. The van der Waals surface area contributed by atoms with Crippen molar-refractivity contribution in [3.8, 4) is 0 Å². The van der Waals surface area contributed by atoms with Crippen molar-refractivity contribution in [3.63, 3.8) is 0 Å². The highest BCUT2D eigenvalue weighted by Crippen LogP contribution is 1.87. The fraction of sp³-hybridized carbons (Fsp3) is 0.571. The lowest BCUT2D eigenvalue weighted by Crippen LogP contribution is -2.26. The van der Waals surface area contributed by atoms with Crippen molar-refractivity contribution in [2.24, 2.45) is 0 Å². The third-order valence-corrected chi connectivity index (χ3v) is 1.43. The minimum atomic E-state index is -0.284. The molecule has 0 bridgehead atoms. The summed E-state index contributed by atoms with van der Waals surface area (Å²) >= 11 is 0. The Morgan fingerprint density at radius 1 is 1.77 bits per heavy atom. The van der Waals surface area contributed by atoms with Crippen LogP contribution in [0.15, 0.2) is 10.9 Å². The second-order valence-corrected chi connectivity index (χ2v) is 2.35. The van der Waals surface area contributed by atoms with Crippen LogP contribution in [-0.2, 0) is 16.0 Å².